The minimum atomic E-state index is -0.00203. The Hall–Kier alpha value is -1.56. The summed E-state index contributed by atoms with van der Waals surface area (Å²) in [5, 5.41) is 4.01. The summed E-state index contributed by atoms with van der Waals surface area (Å²) in [4.78, 5) is 16.4. The van der Waals surface area contributed by atoms with Gasteiger partial charge in [-0.2, -0.15) is 5.10 Å². The number of rotatable bonds is 2. The Balaban J connectivity index is 2.02. The zero-order chi connectivity index (χ0) is 13.3. The predicted molar refractivity (Wildman–Crippen MR) is 70.2 cm³/mol. The number of aryl methyl sites for hydroxylation is 1. The third-order valence-corrected chi connectivity index (χ3v) is 3.70. The number of nitrogens with two attached hydrogens (primary N) is 1. The molecule has 2 rings (SSSR count). The van der Waals surface area contributed by atoms with Crippen LogP contribution in [0.3, 0.4) is 0 Å². The van der Waals surface area contributed by atoms with Gasteiger partial charge in [0.1, 0.15) is 11.4 Å². The van der Waals surface area contributed by atoms with Crippen molar-refractivity contribution in [1.29, 1.82) is 0 Å². The highest BCUT2D eigenvalue weighted by atomic mass is 16.2. The molecule has 0 spiro atoms. The van der Waals surface area contributed by atoms with Crippen LogP contribution in [0.15, 0.2) is 6.20 Å². The van der Waals surface area contributed by atoms with Crippen molar-refractivity contribution >= 4 is 11.7 Å². The number of nitrogens with zero attached hydrogens (tertiary/aromatic N) is 4. The Morgan fingerprint density at radius 1 is 1.44 bits per heavy atom. The molecule has 1 aromatic heterocycles. The van der Waals surface area contributed by atoms with Crippen molar-refractivity contribution in [2.75, 3.05) is 32.9 Å². The molecule has 1 aliphatic rings. The number of anilines is 1. The van der Waals surface area contributed by atoms with Gasteiger partial charge in [0.05, 0.1) is 6.20 Å². The van der Waals surface area contributed by atoms with Crippen molar-refractivity contribution < 1.29 is 4.79 Å². The number of aromatic nitrogens is 2. The van der Waals surface area contributed by atoms with Gasteiger partial charge >= 0.3 is 0 Å². The molecule has 1 amide bonds. The van der Waals surface area contributed by atoms with E-state index < -0.39 is 0 Å². The van der Waals surface area contributed by atoms with Crippen molar-refractivity contribution in [3.05, 3.63) is 11.8 Å². The highest BCUT2D eigenvalue weighted by Gasteiger charge is 2.26. The zero-order valence-electron chi connectivity index (χ0n) is 11.3. The van der Waals surface area contributed by atoms with Gasteiger partial charge in [-0.15, -0.1) is 0 Å². The summed E-state index contributed by atoms with van der Waals surface area (Å²) in [6.45, 7) is 1.58. The number of carbonyl (C=O) groups is 1. The monoisotopic (exact) mass is 251 g/mol. The maximum absolute atomic E-state index is 12.3. The summed E-state index contributed by atoms with van der Waals surface area (Å²) >= 11 is 0. The predicted octanol–water partition coefficient (Wildman–Crippen LogP) is 0.169. The first-order valence-electron chi connectivity index (χ1n) is 6.24. The molecule has 0 unspecified atom stereocenters. The van der Waals surface area contributed by atoms with Gasteiger partial charge in [0.2, 0.25) is 0 Å². The standard InChI is InChI=1S/C12H21N5O/c1-15(2)9-4-6-17(7-5-9)12(18)10-8-14-16(3)11(10)13/h8-9H,4-7,13H2,1-3H3. The van der Waals surface area contributed by atoms with Crippen molar-refractivity contribution in [2.45, 2.75) is 18.9 Å². The van der Waals surface area contributed by atoms with Crippen LogP contribution in [0.25, 0.3) is 0 Å². The van der Waals surface area contributed by atoms with Crippen LogP contribution in [0.5, 0.6) is 0 Å². The summed E-state index contributed by atoms with van der Waals surface area (Å²) in [6, 6.07) is 0.570. The van der Waals surface area contributed by atoms with Crippen molar-refractivity contribution in [3.63, 3.8) is 0 Å². The highest BCUT2D eigenvalue weighted by Crippen LogP contribution is 2.18. The van der Waals surface area contributed by atoms with Crippen LogP contribution in [0.4, 0.5) is 5.82 Å². The largest absolute Gasteiger partial charge is 0.383 e. The van der Waals surface area contributed by atoms with E-state index in [1.165, 1.54) is 4.68 Å². The fourth-order valence-corrected chi connectivity index (χ4v) is 2.37. The van der Waals surface area contributed by atoms with Gasteiger partial charge in [-0.3, -0.25) is 9.48 Å². The van der Waals surface area contributed by atoms with Gasteiger partial charge in [-0.1, -0.05) is 0 Å². The number of hydrogen-bond donors (Lipinski definition) is 1. The molecule has 1 saturated heterocycles. The lowest BCUT2D eigenvalue weighted by Gasteiger charge is -2.35. The van der Waals surface area contributed by atoms with Crippen LogP contribution >= 0.6 is 0 Å². The van der Waals surface area contributed by atoms with Crippen molar-refractivity contribution in [2.24, 2.45) is 7.05 Å². The van der Waals surface area contributed by atoms with Crippen molar-refractivity contribution in [1.82, 2.24) is 19.6 Å². The minimum Gasteiger partial charge on any atom is -0.383 e. The molecule has 6 nitrogen and oxygen atoms in total. The maximum Gasteiger partial charge on any atom is 0.259 e. The zero-order valence-corrected chi connectivity index (χ0v) is 11.3. The first kappa shape index (κ1) is 12.9. The van der Waals surface area contributed by atoms with E-state index in [1.54, 1.807) is 13.2 Å². The van der Waals surface area contributed by atoms with Gasteiger partial charge in [0.25, 0.3) is 5.91 Å². The van der Waals surface area contributed by atoms with Crippen LogP contribution in [0.1, 0.15) is 23.2 Å². The first-order chi connectivity index (χ1) is 8.50. The van der Waals surface area contributed by atoms with Gasteiger partial charge in [0, 0.05) is 26.2 Å². The third kappa shape index (κ3) is 2.33. The van der Waals surface area contributed by atoms with Crippen LogP contribution in [-0.2, 0) is 7.05 Å². The Morgan fingerprint density at radius 2 is 2.06 bits per heavy atom. The van der Waals surface area contributed by atoms with E-state index in [9.17, 15) is 4.79 Å². The number of amides is 1. The summed E-state index contributed by atoms with van der Waals surface area (Å²) in [6.07, 6.45) is 3.58. The average Bonchev–Trinajstić information content (AvgIpc) is 2.69. The van der Waals surface area contributed by atoms with E-state index in [2.05, 4.69) is 24.1 Å². The maximum atomic E-state index is 12.3. The molecule has 6 heteroatoms. The Kier molecular flexibility index (Phi) is 3.56. The fraction of sp³-hybridized carbons (Fsp3) is 0.667. The molecule has 1 aromatic rings. The SMILES string of the molecule is CN(C)C1CCN(C(=O)c2cnn(C)c2N)CC1. The molecule has 0 bridgehead atoms. The van der Waals surface area contributed by atoms with Crippen LogP contribution in [-0.4, -0.2) is 58.7 Å². The second kappa shape index (κ2) is 4.97. The van der Waals surface area contributed by atoms with Gasteiger partial charge in [-0.05, 0) is 26.9 Å². The van der Waals surface area contributed by atoms with Crippen LogP contribution < -0.4 is 5.73 Å². The molecule has 100 valence electrons. The van der Waals surface area contributed by atoms with E-state index in [4.69, 9.17) is 5.73 Å². The molecule has 2 heterocycles. The summed E-state index contributed by atoms with van der Waals surface area (Å²) in [5.74, 6) is 0.438. The molecule has 0 aliphatic carbocycles. The Labute approximate surface area is 107 Å². The van der Waals surface area contributed by atoms with Gasteiger partial charge in [-0.25, -0.2) is 0 Å². The lowest BCUT2D eigenvalue weighted by atomic mass is 10.0. The topological polar surface area (TPSA) is 67.4 Å². The third-order valence-electron chi connectivity index (χ3n) is 3.70. The summed E-state index contributed by atoms with van der Waals surface area (Å²) in [7, 11) is 5.91. The summed E-state index contributed by atoms with van der Waals surface area (Å²) < 4.78 is 1.53. The molecule has 0 radical (unpaired) electrons. The molecule has 1 aliphatic heterocycles. The lowest BCUT2D eigenvalue weighted by Crippen LogP contribution is -2.44. The summed E-state index contributed by atoms with van der Waals surface area (Å²) in [5.41, 5.74) is 6.35. The normalized spacial score (nSPS) is 17.4. The molecular weight excluding hydrogens is 230 g/mol. The number of nitrogen functional groups attached to an aromatic ring is 1. The van der Waals surface area contributed by atoms with Crippen LogP contribution in [0, 0.1) is 0 Å². The van der Waals surface area contributed by atoms with Crippen LogP contribution in [0.2, 0.25) is 0 Å². The van der Waals surface area contributed by atoms with Gasteiger partial charge < -0.3 is 15.5 Å². The molecule has 18 heavy (non-hydrogen) atoms. The molecule has 0 saturated carbocycles. The van der Waals surface area contributed by atoms with Gasteiger partial charge in [0.15, 0.2) is 0 Å². The van der Waals surface area contributed by atoms with E-state index >= 15 is 0 Å². The molecule has 1 fully saturated rings. The highest BCUT2D eigenvalue weighted by molar-refractivity contribution is 5.98. The molecular formula is C12H21N5O. The van der Waals surface area contributed by atoms with Crippen molar-refractivity contribution in [3.8, 4) is 0 Å². The average molecular weight is 251 g/mol. The fourth-order valence-electron chi connectivity index (χ4n) is 2.37. The first-order valence-corrected chi connectivity index (χ1v) is 6.24. The van der Waals surface area contributed by atoms with E-state index in [-0.39, 0.29) is 5.91 Å². The Morgan fingerprint density at radius 3 is 2.50 bits per heavy atom. The molecule has 0 aromatic carbocycles. The number of likely N-dealkylation sites (tertiary alicyclic amines) is 1. The Bertz CT molecular complexity index is 432. The van der Waals surface area contributed by atoms with E-state index in [1.807, 2.05) is 4.90 Å². The molecule has 2 N–H and O–H groups in total. The number of piperidine rings is 1. The second-order valence-electron chi connectivity index (χ2n) is 5.05. The lowest BCUT2D eigenvalue weighted by molar-refractivity contribution is 0.0664. The van der Waals surface area contributed by atoms with E-state index in [0.29, 0.717) is 17.4 Å². The minimum absolute atomic E-state index is 0.00203. The second-order valence-corrected chi connectivity index (χ2v) is 5.05. The number of hydrogen-bond acceptors (Lipinski definition) is 4. The number of carbonyl (C=O) groups excluding carboxylic acids is 1. The van der Waals surface area contributed by atoms with E-state index in [0.717, 1.165) is 25.9 Å². The molecule has 0 atom stereocenters. The quantitative estimate of drug-likeness (QED) is 0.813. The smallest absolute Gasteiger partial charge is 0.259 e.